The normalized spacial score (nSPS) is 27.9. The average Bonchev–Trinajstić information content (AvgIpc) is 2.73. The quantitative estimate of drug-likeness (QED) is 0.481. The van der Waals surface area contributed by atoms with Gasteiger partial charge in [-0.1, -0.05) is 45.9 Å². The summed E-state index contributed by atoms with van der Waals surface area (Å²) < 4.78 is 33.1. The third-order valence-corrected chi connectivity index (χ3v) is 7.31. The molecule has 1 amide bonds. The highest BCUT2D eigenvalue weighted by Crippen LogP contribution is 2.44. The van der Waals surface area contributed by atoms with Crippen molar-refractivity contribution in [1.29, 1.82) is 0 Å². The Morgan fingerprint density at radius 2 is 1.81 bits per heavy atom. The van der Waals surface area contributed by atoms with Gasteiger partial charge in [0.15, 0.2) is 0 Å². The molecule has 31 heavy (non-hydrogen) atoms. The molecule has 3 rings (SSSR count). The van der Waals surface area contributed by atoms with Gasteiger partial charge in [0.05, 0.1) is 6.10 Å². The zero-order valence-corrected chi connectivity index (χ0v) is 19.8. The van der Waals surface area contributed by atoms with E-state index in [-0.39, 0.29) is 36.2 Å². The Hall–Kier alpha value is -1.23. The fourth-order valence-electron chi connectivity index (χ4n) is 5.44. The van der Waals surface area contributed by atoms with Gasteiger partial charge in [0.1, 0.15) is 0 Å². The van der Waals surface area contributed by atoms with Gasteiger partial charge in [0.25, 0.3) is 5.91 Å². The Bertz CT molecular complexity index is 661. The van der Waals surface area contributed by atoms with Gasteiger partial charge in [-0.3, -0.25) is 4.79 Å². The summed E-state index contributed by atoms with van der Waals surface area (Å²) in [6.45, 7) is 11.1. The molecular formula is C26H41F2NO2. The van der Waals surface area contributed by atoms with Gasteiger partial charge in [0, 0.05) is 38.1 Å². The Kier molecular flexibility index (Phi) is 7.99. The molecule has 0 bridgehead atoms. The highest BCUT2D eigenvalue weighted by atomic mass is 19.3. The first kappa shape index (κ1) is 24.4. The second kappa shape index (κ2) is 10.1. The second-order valence-electron chi connectivity index (χ2n) is 10.9. The van der Waals surface area contributed by atoms with Gasteiger partial charge in [0.2, 0.25) is 5.92 Å². The summed E-state index contributed by atoms with van der Waals surface area (Å²) in [5.74, 6) is -1.51. The number of halogens is 2. The zero-order chi connectivity index (χ0) is 22.6. The third kappa shape index (κ3) is 6.63. The van der Waals surface area contributed by atoms with Crippen LogP contribution < -0.4 is 0 Å². The number of likely N-dealkylation sites (tertiary alicyclic amines) is 1. The van der Waals surface area contributed by atoms with E-state index in [4.69, 9.17) is 4.74 Å². The molecule has 5 heteroatoms. The molecule has 2 unspecified atom stereocenters. The van der Waals surface area contributed by atoms with E-state index in [0.29, 0.717) is 24.7 Å². The molecule has 3 aliphatic rings. The molecule has 0 spiro atoms. The van der Waals surface area contributed by atoms with Crippen LogP contribution in [0.4, 0.5) is 8.78 Å². The molecule has 0 aromatic heterocycles. The van der Waals surface area contributed by atoms with Crippen LogP contribution in [0.3, 0.4) is 0 Å². The summed E-state index contributed by atoms with van der Waals surface area (Å²) in [4.78, 5) is 15.2. The number of piperidine rings is 1. The van der Waals surface area contributed by atoms with Crippen molar-refractivity contribution in [2.24, 2.45) is 23.2 Å². The second-order valence-corrected chi connectivity index (χ2v) is 10.9. The molecule has 1 heterocycles. The maximum atomic E-state index is 13.6. The van der Waals surface area contributed by atoms with Crippen LogP contribution >= 0.6 is 0 Å². The van der Waals surface area contributed by atoms with Crippen LogP contribution in [-0.4, -0.2) is 42.5 Å². The summed E-state index contributed by atoms with van der Waals surface area (Å²) in [6.07, 6.45) is 11.5. The van der Waals surface area contributed by atoms with Gasteiger partial charge in [-0.15, -0.1) is 0 Å². The number of carbonyl (C=O) groups excluding carboxylic acids is 1. The van der Waals surface area contributed by atoms with Crippen molar-refractivity contribution in [2.45, 2.75) is 91.1 Å². The number of hydrogen-bond donors (Lipinski definition) is 0. The van der Waals surface area contributed by atoms with Gasteiger partial charge in [-0.2, -0.15) is 0 Å². The van der Waals surface area contributed by atoms with Gasteiger partial charge >= 0.3 is 0 Å². The van der Waals surface area contributed by atoms with Crippen molar-refractivity contribution < 1.29 is 18.3 Å². The number of allylic oxidation sites excluding steroid dienone is 2. The third-order valence-electron chi connectivity index (χ3n) is 7.31. The number of amides is 1. The van der Waals surface area contributed by atoms with E-state index >= 15 is 0 Å². The summed E-state index contributed by atoms with van der Waals surface area (Å²) in [7, 11) is 0. The molecule has 2 aliphatic carbocycles. The maximum Gasteiger partial charge on any atom is 0.253 e. The van der Waals surface area contributed by atoms with Gasteiger partial charge in [-0.05, 0) is 61.7 Å². The van der Waals surface area contributed by atoms with Crippen molar-refractivity contribution in [3.8, 4) is 0 Å². The first-order valence-electron chi connectivity index (χ1n) is 12.3. The molecule has 176 valence electrons. The number of rotatable bonds is 6. The van der Waals surface area contributed by atoms with Crippen molar-refractivity contribution in [3.63, 3.8) is 0 Å². The Labute approximate surface area is 187 Å². The first-order valence-corrected chi connectivity index (χ1v) is 12.3. The summed E-state index contributed by atoms with van der Waals surface area (Å²) in [5, 5.41) is 0. The molecule has 3 nitrogen and oxygen atoms in total. The van der Waals surface area contributed by atoms with Gasteiger partial charge in [-0.25, -0.2) is 8.78 Å². The van der Waals surface area contributed by atoms with E-state index in [1.54, 1.807) is 0 Å². The van der Waals surface area contributed by atoms with E-state index < -0.39 is 5.92 Å². The molecule has 0 radical (unpaired) electrons. The standard InChI is InChI=1S/C26H41F2NO2/c1-5-16-31-22-10-14-29(15-11-22)24(30)20-6-7-23(25(2,3)4)21(18-20)17-19-8-12-26(27,28)13-9-19/h6-7,18-19,21-23H,5,8-17H2,1-4H3. The number of nitrogens with zero attached hydrogens (tertiary/aromatic N) is 1. The Morgan fingerprint density at radius 3 is 2.39 bits per heavy atom. The van der Waals surface area contributed by atoms with Crippen molar-refractivity contribution >= 4 is 5.91 Å². The summed E-state index contributed by atoms with van der Waals surface area (Å²) in [6, 6.07) is 0. The van der Waals surface area contributed by atoms with E-state index in [1.165, 1.54) is 0 Å². The minimum atomic E-state index is -2.49. The van der Waals surface area contributed by atoms with Crippen LogP contribution in [0.15, 0.2) is 23.8 Å². The first-order chi connectivity index (χ1) is 14.6. The lowest BCUT2D eigenvalue weighted by Gasteiger charge is -2.39. The number of carbonyl (C=O) groups is 1. The monoisotopic (exact) mass is 437 g/mol. The number of ether oxygens (including phenoxy) is 1. The molecule has 0 N–H and O–H groups in total. The smallest absolute Gasteiger partial charge is 0.253 e. The van der Waals surface area contributed by atoms with E-state index in [1.807, 2.05) is 11.0 Å². The molecule has 2 atom stereocenters. The fraction of sp³-hybridized carbons (Fsp3) is 0.808. The highest BCUT2D eigenvalue weighted by Gasteiger charge is 2.39. The van der Waals surface area contributed by atoms with Crippen LogP contribution in [0.1, 0.15) is 79.1 Å². The molecule has 1 aliphatic heterocycles. The topological polar surface area (TPSA) is 29.5 Å². The summed E-state index contributed by atoms with van der Waals surface area (Å²) in [5.41, 5.74) is 0.847. The predicted octanol–water partition coefficient (Wildman–Crippen LogP) is 6.39. The van der Waals surface area contributed by atoms with Gasteiger partial charge < -0.3 is 9.64 Å². The molecular weight excluding hydrogens is 396 g/mol. The average molecular weight is 438 g/mol. The van der Waals surface area contributed by atoms with Crippen LogP contribution in [0.25, 0.3) is 0 Å². The van der Waals surface area contributed by atoms with Crippen molar-refractivity contribution in [3.05, 3.63) is 23.8 Å². The van der Waals surface area contributed by atoms with Crippen LogP contribution in [0.5, 0.6) is 0 Å². The number of alkyl halides is 2. The minimum Gasteiger partial charge on any atom is -0.378 e. The minimum absolute atomic E-state index is 0.00492. The molecule has 1 saturated carbocycles. The maximum absolute atomic E-state index is 13.6. The zero-order valence-electron chi connectivity index (χ0n) is 19.8. The predicted molar refractivity (Wildman–Crippen MR) is 121 cm³/mol. The number of hydrogen-bond acceptors (Lipinski definition) is 2. The fourth-order valence-corrected chi connectivity index (χ4v) is 5.44. The largest absolute Gasteiger partial charge is 0.378 e. The Morgan fingerprint density at radius 1 is 1.16 bits per heavy atom. The van der Waals surface area contributed by atoms with Crippen LogP contribution in [0, 0.1) is 23.2 Å². The highest BCUT2D eigenvalue weighted by molar-refractivity contribution is 5.96. The SMILES string of the molecule is CCCOC1CCN(C(=O)C2=CC(CC3CCC(F)(F)CC3)C(C(C)(C)C)C=C2)CC1. The molecule has 0 aromatic carbocycles. The van der Waals surface area contributed by atoms with Crippen LogP contribution in [-0.2, 0) is 9.53 Å². The molecule has 2 fully saturated rings. The Balaban J connectivity index is 1.65. The summed E-state index contributed by atoms with van der Waals surface area (Å²) >= 11 is 0. The van der Waals surface area contributed by atoms with Crippen molar-refractivity contribution in [2.75, 3.05) is 19.7 Å². The molecule has 1 saturated heterocycles. The lowest BCUT2D eigenvalue weighted by molar-refractivity contribution is -0.129. The van der Waals surface area contributed by atoms with E-state index in [9.17, 15) is 13.6 Å². The van der Waals surface area contributed by atoms with E-state index in [2.05, 4.69) is 39.8 Å². The van der Waals surface area contributed by atoms with Crippen LogP contribution in [0.2, 0.25) is 0 Å². The van der Waals surface area contributed by atoms with Crippen molar-refractivity contribution in [1.82, 2.24) is 4.90 Å². The lowest BCUT2D eigenvalue weighted by Crippen LogP contribution is -2.42. The van der Waals surface area contributed by atoms with E-state index in [0.717, 1.165) is 51.0 Å². The lowest BCUT2D eigenvalue weighted by atomic mass is 9.66. The molecule has 0 aromatic rings.